The third kappa shape index (κ3) is 3.90. The lowest BCUT2D eigenvalue weighted by molar-refractivity contribution is -0.134. The summed E-state index contributed by atoms with van der Waals surface area (Å²) in [5, 5.41) is 9.31. The fraction of sp³-hybridized carbons (Fsp3) is 0.706. The van der Waals surface area contributed by atoms with Crippen molar-refractivity contribution in [3.63, 3.8) is 0 Å². The SMILES string of the molecule is Cc1ccc(CN(C(=O)CN2CCC[C@@H](CO)C2)C2CC2)o1. The molecule has 2 fully saturated rings. The molecule has 0 aromatic carbocycles. The molecule has 1 aliphatic carbocycles. The number of likely N-dealkylation sites (tertiary alicyclic amines) is 1. The number of aliphatic hydroxyl groups excluding tert-OH is 1. The van der Waals surface area contributed by atoms with Gasteiger partial charge < -0.3 is 14.4 Å². The molecule has 22 heavy (non-hydrogen) atoms. The molecule has 2 heterocycles. The first-order valence-corrected chi connectivity index (χ1v) is 8.33. The van der Waals surface area contributed by atoms with Crippen LogP contribution in [0.1, 0.15) is 37.2 Å². The van der Waals surface area contributed by atoms with E-state index in [1.807, 2.05) is 24.0 Å². The van der Waals surface area contributed by atoms with Gasteiger partial charge in [-0.05, 0) is 57.2 Å². The average Bonchev–Trinajstić information content (AvgIpc) is 3.27. The second-order valence-electron chi connectivity index (χ2n) is 6.69. The number of amides is 1. The van der Waals surface area contributed by atoms with Crippen LogP contribution in [-0.4, -0.2) is 53.1 Å². The van der Waals surface area contributed by atoms with Crippen molar-refractivity contribution in [1.82, 2.24) is 9.80 Å². The van der Waals surface area contributed by atoms with E-state index in [-0.39, 0.29) is 12.5 Å². The van der Waals surface area contributed by atoms with Gasteiger partial charge in [0.2, 0.25) is 5.91 Å². The summed E-state index contributed by atoms with van der Waals surface area (Å²) in [6.45, 7) is 4.99. The Balaban J connectivity index is 1.58. The van der Waals surface area contributed by atoms with E-state index in [2.05, 4.69) is 4.90 Å². The molecule has 1 aromatic rings. The Morgan fingerprint density at radius 1 is 1.41 bits per heavy atom. The maximum Gasteiger partial charge on any atom is 0.237 e. The van der Waals surface area contributed by atoms with Crippen LogP contribution in [0.2, 0.25) is 0 Å². The molecule has 1 atom stereocenters. The zero-order valence-corrected chi connectivity index (χ0v) is 13.3. The Kier molecular flexibility index (Phi) is 4.84. The summed E-state index contributed by atoms with van der Waals surface area (Å²) in [5.74, 6) is 2.27. The zero-order chi connectivity index (χ0) is 15.5. The monoisotopic (exact) mass is 306 g/mol. The first kappa shape index (κ1) is 15.6. The molecule has 1 aromatic heterocycles. The molecule has 5 nitrogen and oxygen atoms in total. The number of furan rings is 1. The van der Waals surface area contributed by atoms with Crippen LogP contribution >= 0.6 is 0 Å². The summed E-state index contributed by atoms with van der Waals surface area (Å²) >= 11 is 0. The van der Waals surface area contributed by atoms with E-state index in [1.165, 1.54) is 0 Å². The Hall–Kier alpha value is -1.33. The molecule has 3 rings (SSSR count). The lowest BCUT2D eigenvalue weighted by atomic mass is 9.99. The van der Waals surface area contributed by atoms with Crippen molar-refractivity contribution in [2.24, 2.45) is 5.92 Å². The Labute approximate surface area is 131 Å². The van der Waals surface area contributed by atoms with Gasteiger partial charge in [-0.25, -0.2) is 0 Å². The Bertz CT molecular complexity index is 510. The van der Waals surface area contributed by atoms with Gasteiger partial charge in [-0.15, -0.1) is 0 Å². The standard InChI is InChI=1S/C17H26N2O3/c1-13-4-7-16(22-13)10-19(15-5-6-15)17(21)11-18-8-2-3-14(9-18)12-20/h4,7,14-15,20H,2-3,5-6,8-12H2,1H3/t14-/m1/s1. The largest absolute Gasteiger partial charge is 0.464 e. The van der Waals surface area contributed by atoms with Crippen LogP contribution in [0.15, 0.2) is 16.5 Å². The molecule has 1 aliphatic heterocycles. The van der Waals surface area contributed by atoms with Gasteiger partial charge in [0.05, 0.1) is 13.1 Å². The minimum Gasteiger partial charge on any atom is -0.464 e. The van der Waals surface area contributed by atoms with E-state index >= 15 is 0 Å². The summed E-state index contributed by atoms with van der Waals surface area (Å²) in [6, 6.07) is 4.29. The van der Waals surface area contributed by atoms with E-state index in [1.54, 1.807) is 0 Å². The number of piperidine rings is 1. The number of hydrogen-bond donors (Lipinski definition) is 1. The molecule has 0 spiro atoms. The zero-order valence-electron chi connectivity index (χ0n) is 13.3. The molecule has 1 saturated carbocycles. The number of aliphatic hydroxyl groups is 1. The average molecular weight is 306 g/mol. The minimum absolute atomic E-state index is 0.190. The number of hydrogen-bond acceptors (Lipinski definition) is 4. The lowest BCUT2D eigenvalue weighted by Gasteiger charge is -2.33. The highest BCUT2D eigenvalue weighted by molar-refractivity contribution is 5.79. The minimum atomic E-state index is 0.190. The molecule has 0 bridgehead atoms. The fourth-order valence-corrected chi connectivity index (χ4v) is 3.27. The molecular formula is C17H26N2O3. The van der Waals surface area contributed by atoms with Gasteiger partial charge in [0.25, 0.3) is 0 Å². The van der Waals surface area contributed by atoms with E-state index in [0.717, 1.165) is 50.3 Å². The van der Waals surface area contributed by atoms with Gasteiger partial charge in [0.1, 0.15) is 11.5 Å². The van der Waals surface area contributed by atoms with Crippen LogP contribution in [0.4, 0.5) is 0 Å². The number of carbonyl (C=O) groups is 1. The normalized spacial score (nSPS) is 22.7. The van der Waals surface area contributed by atoms with Crippen LogP contribution in [0, 0.1) is 12.8 Å². The van der Waals surface area contributed by atoms with E-state index in [9.17, 15) is 9.90 Å². The van der Waals surface area contributed by atoms with Crippen LogP contribution in [0.5, 0.6) is 0 Å². The topological polar surface area (TPSA) is 56.9 Å². The molecule has 2 aliphatic rings. The first-order valence-electron chi connectivity index (χ1n) is 8.33. The third-order valence-electron chi connectivity index (χ3n) is 4.65. The van der Waals surface area contributed by atoms with Gasteiger partial charge in [-0.1, -0.05) is 0 Å². The summed E-state index contributed by atoms with van der Waals surface area (Å²) in [6.07, 6.45) is 4.34. The molecule has 0 unspecified atom stereocenters. The van der Waals surface area contributed by atoms with Crippen LogP contribution < -0.4 is 0 Å². The fourth-order valence-electron chi connectivity index (χ4n) is 3.27. The quantitative estimate of drug-likeness (QED) is 0.870. The molecule has 1 saturated heterocycles. The molecule has 5 heteroatoms. The highest BCUT2D eigenvalue weighted by Crippen LogP contribution is 2.29. The number of carbonyl (C=O) groups excluding carboxylic acids is 1. The van der Waals surface area contributed by atoms with Crippen LogP contribution in [0.25, 0.3) is 0 Å². The number of nitrogens with zero attached hydrogens (tertiary/aromatic N) is 2. The van der Waals surface area contributed by atoms with Gasteiger partial charge in [0.15, 0.2) is 0 Å². The van der Waals surface area contributed by atoms with Crippen LogP contribution in [-0.2, 0) is 11.3 Å². The van der Waals surface area contributed by atoms with Gasteiger partial charge in [-0.2, -0.15) is 0 Å². The van der Waals surface area contributed by atoms with Crippen LogP contribution in [0.3, 0.4) is 0 Å². The second kappa shape index (κ2) is 6.84. The molecule has 1 amide bonds. The van der Waals surface area contributed by atoms with Crippen molar-refractivity contribution in [2.75, 3.05) is 26.2 Å². The lowest BCUT2D eigenvalue weighted by Crippen LogP contribution is -2.45. The van der Waals surface area contributed by atoms with Crippen molar-refractivity contribution in [1.29, 1.82) is 0 Å². The summed E-state index contributed by atoms with van der Waals surface area (Å²) in [4.78, 5) is 16.8. The highest BCUT2D eigenvalue weighted by Gasteiger charge is 2.34. The van der Waals surface area contributed by atoms with Crippen molar-refractivity contribution < 1.29 is 14.3 Å². The smallest absolute Gasteiger partial charge is 0.237 e. The maximum absolute atomic E-state index is 12.7. The maximum atomic E-state index is 12.7. The van der Waals surface area contributed by atoms with Gasteiger partial charge >= 0.3 is 0 Å². The molecule has 0 radical (unpaired) electrons. The highest BCUT2D eigenvalue weighted by atomic mass is 16.3. The second-order valence-corrected chi connectivity index (χ2v) is 6.69. The molecule has 122 valence electrons. The van der Waals surface area contributed by atoms with E-state index in [4.69, 9.17) is 4.42 Å². The number of aryl methyl sites for hydroxylation is 1. The van der Waals surface area contributed by atoms with Crippen molar-refractivity contribution in [3.8, 4) is 0 Å². The Morgan fingerprint density at radius 2 is 2.23 bits per heavy atom. The Morgan fingerprint density at radius 3 is 2.86 bits per heavy atom. The summed E-state index contributed by atoms with van der Waals surface area (Å²) < 4.78 is 5.63. The van der Waals surface area contributed by atoms with Crippen molar-refractivity contribution in [2.45, 2.75) is 45.2 Å². The predicted molar refractivity (Wildman–Crippen MR) is 83.3 cm³/mol. The molecular weight excluding hydrogens is 280 g/mol. The summed E-state index contributed by atoms with van der Waals surface area (Å²) in [5.41, 5.74) is 0. The van der Waals surface area contributed by atoms with E-state index < -0.39 is 0 Å². The van der Waals surface area contributed by atoms with Gasteiger partial charge in [0, 0.05) is 19.2 Å². The molecule has 1 N–H and O–H groups in total. The predicted octanol–water partition coefficient (Wildman–Crippen LogP) is 1.78. The van der Waals surface area contributed by atoms with Crippen molar-refractivity contribution >= 4 is 5.91 Å². The van der Waals surface area contributed by atoms with Gasteiger partial charge in [-0.3, -0.25) is 9.69 Å². The number of rotatable bonds is 6. The first-order chi connectivity index (χ1) is 10.7. The third-order valence-corrected chi connectivity index (χ3v) is 4.65. The van der Waals surface area contributed by atoms with E-state index in [0.29, 0.717) is 25.0 Å². The summed E-state index contributed by atoms with van der Waals surface area (Å²) in [7, 11) is 0. The van der Waals surface area contributed by atoms with Crippen molar-refractivity contribution in [3.05, 3.63) is 23.7 Å².